The maximum absolute atomic E-state index is 8.91. The van der Waals surface area contributed by atoms with Crippen LogP contribution in [0.4, 0.5) is 5.69 Å². The van der Waals surface area contributed by atoms with Crippen LogP contribution >= 0.6 is 10.7 Å². The van der Waals surface area contributed by atoms with Crippen molar-refractivity contribution in [3.63, 3.8) is 0 Å². The van der Waals surface area contributed by atoms with Gasteiger partial charge in [-0.05, 0) is 69.6 Å². The van der Waals surface area contributed by atoms with Gasteiger partial charge >= 0.3 is 0 Å². The number of anilines is 1. The molecule has 3 nitrogen and oxygen atoms in total. The molecule has 0 aliphatic carbocycles. The highest BCUT2D eigenvalue weighted by atomic mass is 35.5. The molecule has 0 spiro atoms. The third-order valence-corrected chi connectivity index (χ3v) is 5.16. The lowest BCUT2D eigenvalue weighted by molar-refractivity contribution is -0.325. The van der Waals surface area contributed by atoms with Crippen molar-refractivity contribution in [2.24, 2.45) is 0 Å². The SMILES string of the molecule is C/C=S(\c1ccccc1C)N(C)C.CC.C[ClH+].Cc1cc(N)cc(O)c1. The second kappa shape index (κ2) is 15.7. The van der Waals surface area contributed by atoms with E-state index in [1.165, 1.54) is 16.5 Å². The molecule has 2 rings (SSSR count). The monoisotopic (exact) mass is 399 g/mol. The van der Waals surface area contributed by atoms with E-state index < -0.39 is 0 Å². The van der Waals surface area contributed by atoms with E-state index in [0.29, 0.717) is 5.69 Å². The second-order valence-corrected chi connectivity index (χ2v) is 7.50. The first-order valence-corrected chi connectivity index (χ1v) is 10.6. The van der Waals surface area contributed by atoms with Gasteiger partial charge in [0, 0.05) is 16.6 Å². The van der Waals surface area contributed by atoms with Gasteiger partial charge in [-0.2, -0.15) is 0 Å². The number of nitrogens with two attached hydrogens (primary N) is 1. The molecule has 0 bridgehead atoms. The van der Waals surface area contributed by atoms with E-state index in [0.717, 1.165) is 5.56 Å². The molecule has 2 aromatic carbocycles. The highest BCUT2D eigenvalue weighted by Gasteiger charge is 2.03. The molecule has 26 heavy (non-hydrogen) atoms. The van der Waals surface area contributed by atoms with Crippen molar-refractivity contribution in [3.05, 3.63) is 53.6 Å². The lowest BCUT2D eigenvalue weighted by Crippen LogP contribution is -2.04. The number of alkyl halides is 1. The van der Waals surface area contributed by atoms with Crippen molar-refractivity contribution >= 4 is 21.7 Å². The number of phenolic OH excluding ortho intramolecular Hbond substituents is 1. The Kier molecular flexibility index (Phi) is 16.2. The molecule has 5 heteroatoms. The largest absolute Gasteiger partial charge is 0.508 e. The van der Waals surface area contributed by atoms with Crippen LogP contribution in [0.1, 0.15) is 31.9 Å². The van der Waals surface area contributed by atoms with E-state index in [2.05, 4.69) is 73.5 Å². The topological polar surface area (TPSA) is 49.5 Å². The Morgan fingerprint density at radius 2 is 1.58 bits per heavy atom. The Labute approximate surface area is 167 Å². The van der Waals surface area contributed by atoms with Crippen molar-refractivity contribution in [3.8, 4) is 5.75 Å². The molecule has 0 aliphatic rings. The Bertz CT molecular complexity index is 608. The average Bonchev–Trinajstić information content (AvgIpc) is 2.60. The fourth-order valence-corrected chi connectivity index (χ4v) is 3.80. The Balaban J connectivity index is 0. The van der Waals surface area contributed by atoms with Crippen LogP contribution in [0.25, 0.3) is 0 Å². The summed E-state index contributed by atoms with van der Waals surface area (Å²) < 4.78 is 2.25. The Morgan fingerprint density at radius 3 is 1.96 bits per heavy atom. The van der Waals surface area contributed by atoms with Crippen LogP contribution in [0.15, 0.2) is 47.4 Å². The van der Waals surface area contributed by atoms with E-state index >= 15 is 0 Å². The summed E-state index contributed by atoms with van der Waals surface area (Å²) in [6.07, 6.45) is 1.58. The number of nitrogens with zero attached hydrogens (tertiary/aromatic N) is 1. The number of benzene rings is 2. The van der Waals surface area contributed by atoms with Gasteiger partial charge in [0.05, 0.1) is 0 Å². The Hall–Kier alpha value is -1.49. The zero-order valence-electron chi connectivity index (χ0n) is 17.4. The molecular weight excluding hydrogens is 364 g/mol. The van der Waals surface area contributed by atoms with Gasteiger partial charge < -0.3 is 10.8 Å². The van der Waals surface area contributed by atoms with E-state index in [1.807, 2.05) is 20.8 Å². The van der Waals surface area contributed by atoms with Crippen molar-refractivity contribution in [1.29, 1.82) is 0 Å². The minimum Gasteiger partial charge on any atom is -0.508 e. The molecule has 0 heterocycles. The number of rotatable bonds is 2. The lowest BCUT2D eigenvalue weighted by Gasteiger charge is -2.18. The highest BCUT2D eigenvalue weighted by Crippen LogP contribution is 2.30. The van der Waals surface area contributed by atoms with Crippen molar-refractivity contribution in [2.75, 3.05) is 26.2 Å². The quantitative estimate of drug-likeness (QED) is 0.418. The van der Waals surface area contributed by atoms with E-state index in [1.54, 1.807) is 18.5 Å². The van der Waals surface area contributed by atoms with Crippen molar-refractivity contribution < 1.29 is 16.7 Å². The van der Waals surface area contributed by atoms with Gasteiger partial charge in [0.2, 0.25) is 0 Å². The summed E-state index contributed by atoms with van der Waals surface area (Å²) in [5.74, 6) is 0.229. The van der Waals surface area contributed by atoms with Crippen LogP contribution in [-0.4, -0.2) is 35.3 Å². The predicted molar refractivity (Wildman–Crippen MR) is 118 cm³/mol. The zero-order valence-corrected chi connectivity index (χ0v) is 19.0. The van der Waals surface area contributed by atoms with Gasteiger partial charge in [-0.15, -0.1) is 0 Å². The summed E-state index contributed by atoms with van der Waals surface area (Å²) in [6, 6.07) is 13.6. The fraction of sp³-hybridized carbons (Fsp3) is 0.381. The average molecular weight is 400 g/mol. The molecule has 0 aliphatic heterocycles. The van der Waals surface area contributed by atoms with Gasteiger partial charge in [-0.25, -0.2) is 0 Å². The summed E-state index contributed by atoms with van der Waals surface area (Å²) in [7, 11) is 4.39. The summed E-state index contributed by atoms with van der Waals surface area (Å²) >= 11 is 4.08. The number of hydrogen-bond acceptors (Lipinski definition) is 3. The minimum atomic E-state index is 0.150. The molecule has 0 aromatic heterocycles. The predicted octanol–water partition coefficient (Wildman–Crippen LogP) is 5.13. The zero-order chi connectivity index (χ0) is 20.7. The molecular formula is C21H36ClN2OS+. The standard InChI is InChI=1S/C11H17NS.C7H9NO.C2H6.CH4Cl/c1-5-13(12(3)4)11-9-7-6-8-10(11)2;1-5-2-6(8)4-7(9)3-5;2*1-2/h5-9H,1-4H3;2-4,9H,8H2,1H3;1-2H3;2H,1H3/q;;;+1. The van der Waals surface area contributed by atoms with Gasteiger partial charge in [0.1, 0.15) is 17.4 Å². The maximum Gasteiger partial charge on any atom is 0.160 e. The molecule has 148 valence electrons. The molecule has 0 amide bonds. The summed E-state index contributed by atoms with van der Waals surface area (Å²) in [5.41, 5.74) is 8.36. The molecule has 2 aromatic rings. The first-order valence-electron chi connectivity index (χ1n) is 8.57. The highest BCUT2D eigenvalue weighted by molar-refractivity contribution is 8.13. The van der Waals surface area contributed by atoms with Gasteiger partial charge in [0.15, 0.2) is 6.38 Å². The van der Waals surface area contributed by atoms with E-state index in [4.69, 9.17) is 10.8 Å². The maximum atomic E-state index is 8.91. The van der Waals surface area contributed by atoms with Crippen LogP contribution < -0.4 is 5.73 Å². The Morgan fingerprint density at radius 1 is 1.04 bits per heavy atom. The molecule has 0 radical (unpaired) electrons. The summed E-state index contributed by atoms with van der Waals surface area (Å²) in [5, 5.41) is 11.2. The van der Waals surface area contributed by atoms with Crippen LogP contribution in [0.5, 0.6) is 5.75 Å². The van der Waals surface area contributed by atoms with Crippen molar-refractivity contribution in [2.45, 2.75) is 39.5 Å². The van der Waals surface area contributed by atoms with E-state index in [9.17, 15) is 0 Å². The molecule has 1 atom stereocenters. The number of phenols is 1. The summed E-state index contributed by atoms with van der Waals surface area (Å²) in [6.45, 7) is 10.2. The number of halogens is 1. The number of aryl methyl sites for hydroxylation is 2. The van der Waals surface area contributed by atoms with Crippen LogP contribution in [0, 0.1) is 25.4 Å². The molecule has 1 unspecified atom stereocenters. The molecule has 0 saturated carbocycles. The molecule has 3 N–H and O–H groups in total. The second-order valence-electron chi connectivity index (χ2n) is 5.23. The number of nitrogen functional groups attached to an aromatic ring is 1. The third kappa shape index (κ3) is 10.5. The van der Waals surface area contributed by atoms with Crippen LogP contribution in [0.2, 0.25) is 0 Å². The molecule has 0 saturated heterocycles. The normalized spacial score (nSPS) is 10.5. The summed E-state index contributed by atoms with van der Waals surface area (Å²) in [4.78, 5) is 1.43. The first kappa shape index (κ1) is 26.7. The smallest absolute Gasteiger partial charge is 0.160 e. The lowest BCUT2D eigenvalue weighted by atomic mass is 10.2. The fourth-order valence-electron chi connectivity index (χ4n) is 2.12. The first-order chi connectivity index (χ1) is 12.3. The van der Waals surface area contributed by atoms with Crippen LogP contribution in [0.3, 0.4) is 0 Å². The molecule has 0 fully saturated rings. The van der Waals surface area contributed by atoms with Gasteiger partial charge in [0.25, 0.3) is 0 Å². The third-order valence-electron chi connectivity index (χ3n) is 3.02. The van der Waals surface area contributed by atoms with Crippen LogP contribution in [-0.2, 0) is 0 Å². The van der Waals surface area contributed by atoms with E-state index in [-0.39, 0.29) is 16.4 Å². The number of hydrogen-bond donors (Lipinski definition) is 2. The van der Waals surface area contributed by atoms with Crippen molar-refractivity contribution in [1.82, 2.24) is 4.31 Å². The minimum absolute atomic E-state index is 0.150. The van der Waals surface area contributed by atoms with Gasteiger partial charge in [-0.3, -0.25) is 4.31 Å². The van der Waals surface area contributed by atoms with Gasteiger partial charge in [-0.1, -0.05) is 42.7 Å². The number of aromatic hydroxyl groups is 1.